The molecule has 0 radical (unpaired) electrons. The summed E-state index contributed by atoms with van der Waals surface area (Å²) in [5.74, 6) is -0.665. The second-order valence-electron chi connectivity index (χ2n) is 3.07. The fraction of sp³-hybridized carbons (Fsp3) is 0.875. The van der Waals surface area contributed by atoms with Gasteiger partial charge in [0.15, 0.2) is 0 Å². The number of likely N-dealkylation sites (tertiary alicyclic amines) is 1. The van der Waals surface area contributed by atoms with Crippen molar-refractivity contribution in [2.24, 2.45) is 0 Å². The molecule has 1 fully saturated rings. The average Bonchev–Trinajstić information content (AvgIpc) is 2.48. The standard InChI is InChI=1S/C8H14BrNO2/c9-4-2-6-10-5-1-3-7(10)8(11)12/h7H,1-6H2,(H,11,12)/t7-/m0/s1. The van der Waals surface area contributed by atoms with Crippen LogP contribution < -0.4 is 0 Å². The molecule has 4 heteroatoms. The average molecular weight is 236 g/mol. The van der Waals surface area contributed by atoms with Crippen LogP contribution in [-0.4, -0.2) is 40.4 Å². The number of alkyl halides is 1. The molecule has 0 aromatic heterocycles. The highest BCUT2D eigenvalue weighted by atomic mass is 79.9. The second-order valence-corrected chi connectivity index (χ2v) is 3.87. The molecule has 0 saturated carbocycles. The molecule has 0 unspecified atom stereocenters. The summed E-state index contributed by atoms with van der Waals surface area (Å²) in [6.07, 6.45) is 2.88. The Morgan fingerprint density at radius 3 is 3.00 bits per heavy atom. The van der Waals surface area contributed by atoms with Gasteiger partial charge in [-0.25, -0.2) is 0 Å². The Kier molecular flexibility index (Phi) is 4.01. The van der Waals surface area contributed by atoms with Crippen LogP contribution in [0.5, 0.6) is 0 Å². The molecule has 1 atom stereocenters. The quantitative estimate of drug-likeness (QED) is 0.748. The van der Waals surface area contributed by atoms with Gasteiger partial charge in [-0.05, 0) is 32.4 Å². The largest absolute Gasteiger partial charge is 0.480 e. The highest BCUT2D eigenvalue weighted by Gasteiger charge is 2.29. The van der Waals surface area contributed by atoms with Crippen molar-refractivity contribution in [3.63, 3.8) is 0 Å². The first-order valence-corrected chi connectivity index (χ1v) is 5.40. The van der Waals surface area contributed by atoms with Gasteiger partial charge in [0, 0.05) is 5.33 Å². The first kappa shape index (κ1) is 9.99. The first-order chi connectivity index (χ1) is 5.75. The van der Waals surface area contributed by atoms with E-state index in [1.54, 1.807) is 0 Å². The van der Waals surface area contributed by atoms with E-state index in [1.165, 1.54) is 0 Å². The van der Waals surface area contributed by atoms with Crippen LogP contribution in [0.4, 0.5) is 0 Å². The first-order valence-electron chi connectivity index (χ1n) is 4.28. The summed E-state index contributed by atoms with van der Waals surface area (Å²) in [6.45, 7) is 1.85. The van der Waals surface area contributed by atoms with Gasteiger partial charge in [0.25, 0.3) is 0 Å². The lowest BCUT2D eigenvalue weighted by Crippen LogP contribution is -2.36. The Labute approximate surface area is 80.9 Å². The van der Waals surface area contributed by atoms with Crippen molar-refractivity contribution in [3.8, 4) is 0 Å². The Morgan fingerprint density at radius 2 is 2.42 bits per heavy atom. The molecule has 0 aromatic carbocycles. The zero-order valence-corrected chi connectivity index (χ0v) is 8.59. The lowest BCUT2D eigenvalue weighted by Gasteiger charge is -2.19. The van der Waals surface area contributed by atoms with E-state index in [0.717, 1.165) is 37.7 Å². The van der Waals surface area contributed by atoms with Gasteiger partial charge in [-0.15, -0.1) is 0 Å². The minimum atomic E-state index is -0.665. The summed E-state index contributed by atoms with van der Waals surface area (Å²) in [7, 11) is 0. The van der Waals surface area contributed by atoms with Crippen molar-refractivity contribution in [2.75, 3.05) is 18.4 Å². The summed E-state index contributed by atoms with van der Waals surface area (Å²) in [5.41, 5.74) is 0. The van der Waals surface area contributed by atoms with Crippen LogP contribution in [0.3, 0.4) is 0 Å². The van der Waals surface area contributed by atoms with E-state index in [1.807, 2.05) is 0 Å². The van der Waals surface area contributed by atoms with Gasteiger partial charge in [-0.1, -0.05) is 15.9 Å². The van der Waals surface area contributed by atoms with Crippen molar-refractivity contribution >= 4 is 21.9 Å². The molecule has 70 valence electrons. The van der Waals surface area contributed by atoms with E-state index < -0.39 is 5.97 Å². The third-order valence-electron chi connectivity index (χ3n) is 2.23. The number of hydrogen-bond donors (Lipinski definition) is 1. The van der Waals surface area contributed by atoms with E-state index in [-0.39, 0.29) is 6.04 Å². The van der Waals surface area contributed by atoms with Crippen LogP contribution in [-0.2, 0) is 4.79 Å². The third kappa shape index (κ3) is 2.45. The van der Waals surface area contributed by atoms with Crippen molar-refractivity contribution in [1.82, 2.24) is 4.90 Å². The van der Waals surface area contributed by atoms with E-state index in [0.29, 0.717) is 0 Å². The van der Waals surface area contributed by atoms with Crippen LogP contribution in [0.1, 0.15) is 19.3 Å². The molecule has 0 aromatic rings. The summed E-state index contributed by atoms with van der Waals surface area (Å²) >= 11 is 3.34. The lowest BCUT2D eigenvalue weighted by molar-refractivity contribution is -0.142. The number of aliphatic carboxylic acids is 1. The van der Waals surface area contributed by atoms with Crippen LogP contribution >= 0.6 is 15.9 Å². The highest BCUT2D eigenvalue weighted by molar-refractivity contribution is 9.09. The van der Waals surface area contributed by atoms with Crippen molar-refractivity contribution in [3.05, 3.63) is 0 Å². The van der Waals surface area contributed by atoms with Crippen LogP contribution in [0.25, 0.3) is 0 Å². The number of rotatable bonds is 4. The van der Waals surface area contributed by atoms with Gasteiger partial charge in [0.2, 0.25) is 0 Å². The van der Waals surface area contributed by atoms with Crippen LogP contribution in [0, 0.1) is 0 Å². The van der Waals surface area contributed by atoms with Crippen molar-refractivity contribution in [1.29, 1.82) is 0 Å². The van der Waals surface area contributed by atoms with Crippen LogP contribution in [0.15, 0.2) is 0 Å². The summed E-state index contributed by atoms with van der Waals surface area (Å²) in [5, 5.41) is 9.78. The van der Waals surface area contributed by atoms with Crippen molar-refractivity contribution < 1.29 is 9.90 Å². The van der Waals surface area contributed by atoms with E-state index in [2.05, 4.69) is 20.8 Å². The Balaban J connectivity index is 2.35. The van der Waals surface area contributed by atoms with E-state index in [9.17, 15) is 4.79 Å². The number of carbonyl (C=O) groups is 1. The molecule has 1 aliphatic rings. The van der Waals surface area contributed by atoms with Gasteiger partial charge in [0.1, 0.15) is 6.04 Å². The molecule has 3 nitrogen and oxygen atoms in total. The van der Waals surface area contributed by atoms with Gasteiger partial charge >= 0.3 is 5.97 Å². The predicted molar refractivity (Wildman–Crippen MR) is 50.6 cm³/mol. The molecule has 1 rings (SSSR count). The molecule has 1 aliphatic heterocycles. The van der Waals surface area contributed by atoms with E-state index in [4.69, 9.17) is 5.11 Å². The molecule has 0 aliphatic carbocycles. The third-order valence-corrected chi connectivity index (χ3v) is 2.79. The molecular weight excluding hydrogens is 222 g/mol. The number of carboxylic acid groups (broad SMARTS) is 1. The Hall–Kier alpha value is -0.0900. The minimum absolute atomic E-state index is 0.218. The zero-order valence-electron chi connectivity index (χ0n) is 7.00. The van der Waals surface area contributed by atoms with Crippen LogP contribution in [0.2, 0.25) is 0 Å². The molecule has 0 amide bonds. The fourth-order valence-corrected chi connectivity index (χ4v) is 1.89. The molecule has 0 bridgehead atoms. The van der Waals surface area contributed by atoms with Gasteiger partial charge in [0.05, 0.1) is 0 Å². The molecule has 1 heterocycles. The number of carboxylic acids is 1. The minimum Gasteiger partial charge on any atom is -0.480 e. The number of halogens is 1. The fourth-order valence-electron chi connectivity index (χ4n) is 1.64. The summed E-state index contributed by atoms with van der Waals surface area (Å²) in [4.78, 5) is 12.8. The molecule has 1 N–H and O–H groups in total. The maximum absolute atomic E-state index is 10.7. The predicted octanol–water partition coefficient (Wildman–Crippen LogP) is 1.32. The smallest absolute Gasteiger partial charge is 0.320 e. The summed E-state index contributed by atoms with van der Waals surface area (Å²) < 4.78 is 0. The van der Waals surface area contributed by atoms with Crippen molar-refractivity contribution in [2.45, 2.75) is 25.3 Å². The topological polar surface area (TPSA) is 40.5 Å². The number of nitrogens with zero attached hydrogens (tertiary/aromatic N) is 1. The van der Waals surface area contributed by atoms with Gasteiger partial charge in [-0.2, -0.15) is 0 Å². The van der Waals surface area contributed by atoms with E-state index >= 15 is 0 Å². The molecule has 12 heavy (non-hydrogen) atoms. The maximum atomic E-state index is 10.7. The zero-order chi connectivity index (χ0) is 8.97. The summed E-state index contributed by atoms with van der Waals surface area (Å²) in [6, 6.07) is -0.218. The molecule has 0 spiro atoms. The monoisotopic (exact) mass is 235 g/mol. The van der Waals surface area contributed by atoms with Gasteiger partial charge in [-0.3, -0.25) is 9.69 Å². The second kappa shape index (κ2) is 4.82. The lowest BCUT2D eigenvalue weighted by atomic mass is 10.2. The number of hydrogen-bond acceptors (Lipinski definition) is 2. The SMILES string of the molecule is O=C(O)[C@@H]1CCCN1CCCBr. The highest BCUT2D eigenvalue weighted by Crippen LogP contribution is 2.17. The molecule has 1 saturated heterocycles. The normalized spacial score (nSPS) is 24.6. The Bertz CT molecular complexity index is 163. The molecular formula is C8H14BrNO2. The Morgan fingerprint density at radius 1 is 1.67 bits per heavy atom. The van der Waals surface area contributed by atoms with Gasteiger partial charge < -0.3 is 5.11 Å². The maximum Gasteiger partial charge on any atom is 0.320 e.